The lowest BCUT2D eigenvalue weighted by Gasteiger charge is -2.29. The van der Waals surface area contributed by atoms with Crippen LogP contribution in [-0.4, -0.2) is 40.0 Å². The van der Waals surface area contributed by atoms with Crippen molar-refractivity contribution in [2.75, 3.05) is 27.2 Å². The molecule has 0 aliphatic rings. The van der Waals surface area contributed by atoms with E-state index in [-0.39, 0.29) is 5.41 Å². The van der Waals surface area contributed by atoms with E-state index in [0.29, 0.717) is 34.9 Å². The molecule has 6 heteroatoms. The number of hydrogen-bond donors (Lipinski definition) is 1. The van der Waals surface area contributed by atoms with Gasteiger partial charge in [-0.25, -0.2) is 12.7 Å². The summed E-state index contributed by atoms with van der Waals surface area (Å²) in [6, 6.07) is 3.48. The molecule has 0 aliphatic heterocycles. The van der Waals surface area contributed by atoms with Gasteiger partial charge in [0, 0.05) is 13.6 Å². The molecule has 0 saturated carbocycles. The van der Waals surface area contributed by atoms with Crippen LogP contribution in [0.3, 0.4) is 0 Å². The van der Waals surface area contributed by atoms with Gasteiger partial charge in [-0.1, -0.05) is 13.8 Å². The summed E-state index contributed by atoms with van der Waals surface area (Å²) < 4.78 is 32.2. The van der Waals surface area contributed by atoms with Gasteiger partial charge in [-0.05, 0) is 49.1 Å². The van der Waals surface area contributed by atoms with Gasteiger partial charge in [-0.15, -0.1) is 0 Å². The Morgan fingerprint density at radius 2 is 1.71 bits per heavy atom. The normalized spacial score (nSPS) is 12.8. The lowest BCUT2D eigenvalue weighted by molar-refractivity contribution is 0.291. The fourth-order valence-electron chi connectivity index (χ4n) is 2.34. The monoisotopic (exact) mass is 314 g/mol. The van der Waals surface area contributed by atoms with Crippen molar-refractivity contribution in [1.29, 1.82) is 0 Å². The molecule has 0 aliphatic carbocycles. The number of hydrogen-bond acceptors (Lipinski definition) is 4. The fraction of sp³-hybridized carbons (Fsp3) is 0.600. The van der Waals surface area contributed by atoms with Crippen LogP contribution in [0, 0.1) is 19.3 Å². The van der Waals surface area contributed by atoms with Gasteiger partial charge in [0.1, 0.15) is 5.75 Å². The summed E-state index contributed by atoms with van der Waals surface area (Å²) in [5, 5.41) is 0. The molecule has 0 amide bonds. The Kier molecular flexibility index (Phi) is 5.41. The van der Waals surface area contributed by atoms with Gasteiger partial charge in [0.2, 0.25) is 10.0 Å². The van der Waals surface area contributed by atoms with Crippen molar-refractivity contribution in [1.82, 2.24) is 4.31 Å². The molecule has 0 bridgehead atoms. The molecule has 21 heavy (non-hydrogen) atoms. The highest BCUT2D eigenvalue weighted by Gasteiger charge is 2.29. The van der Waals surface area contributed by atoms with Crippen LogP contribution >= 0.6 is 0 Å². The van der Waals surface area contributed by atoms with Crippen LogP contribution in [0.4, 0.5) is 0 Å². The Morgan fingerprint density at radius 3 is 2.10 bits per heavy atom. The number of sulfonamides is 1. The summed E-state index contributed by atoms with van der Waals surface area (Å²) in [6.45, 7) is 8.26. The molecular formula is C15H26N2O3S. The van der Waals surface area contributed by atoms with Crippen LogP contribution in [-0.2, 0) is 10.0 Å². The number of benzene rings is 1. The zero-order valence-corrected chi connectivity index (χ0v) is 14.5. The number of ether oxygens (including phenoxy) is 1. The second kappa shape index (κ2) is 6.34. The Hall–Kier alpha value is -1.11. The van der Waals surface area contributed by atoms with Crippen LogP contribution in [0.25, 0.3) is 0 Å². The van der Waals surface area contributed by atoms with Crippen molar-refractivity contribution < 1.29 is 13.2 Å². The minimum absolute atomic E-state index is 0.268. The molecule has 120 valence electrons. The van der Waals surface area contributed by atoms with Crippen molar-refractivity contribution in [3.63, 3.8) is 0 Å². The van der Waals surface area contributed by atoms with Crippen molar-refractivity contribution in [3.8, 4) is 5.75 Å². The molecule has 0 saturated heterocycles. The first kappa shape index (κ1) is 17.9. The van der Waals surface area contributed by atoms with E-state index >= 15 is 0 Å². The highest BCUT2D eigenvalue weighted by Crippen LogP contribution is 2.29. The quantitative estimate of drug-likeness (QED) is 0.870. The first-order valence-electron chi connectivity index (χ1n) is 6.87. The number of methoxy groups -OCH3 is 1. The zero-order valence-electron chi connectivity index (χ0n) is 13.7. The maximum absolute atomic E-state index is 12.8. The van der Waals surface area contributed by atoms with Crippen LogP contribution in [0.1, 0.15) is 25.0 Å². The SMILES string of the molecule is COc1cc(C)c(S(=O)(=O)N(C)CC(C)(C)CN)c(C)c1. The van der Waals surface area contributed by atoms with Crippen LogP contribution in [0.15, 0.2) is 17.0 Å². The lowest BCUT2D eigenvalue weighted by Crippen LogP contribution is -2.40. The van der Waals surface area contributed by atoms with Crippen LogP contribution in [0.5, 0.6) is 5.75 Å². The lowest BCUT2D eigenvalue weighted by atomic mass is 9.94. The Bertz CT molecular complexity index is 586. The summed E-state index contributed by atoms with van der Waals surface area (Å²) in [4.78, 5) is 0.346. The predicted molar refractivity (Wildman–Crippen MR) is 85.1 cm³/mol. The molecule has 0 aromatic heterocycles. The van der Waals surface area contributed by atoms with E-state index in [0.717, 1.165) is 0 Å². The largest absolute Gasteiger partial charge is 0.497 e. The summed E-state index contributed by atoms with van der Waals surface area (Å²) >= 11 is 0. The van der Waals surface area contributed by atoms with Crippen LogP contribution in [0.2, 0.25) is 0 Å². The molecule has 0 atom stereocenters. The molecule has 5 nitrogen and oxygen atoms in total. The van der Waals surface area contributed by atoms with Gasteiger partial charge < -0.3 is 10.5 Å². The maximum Gasteiger partial charge on any atom is 0.243 e. The van der Waals surface area contributed by atoms with Gasteiger partial charge in [-0.3, -0.25) is 0 Å². The first-order valence-corrected chi connectivity index (χ1v) is 8.31. The summed E-state index contributed by atoms with van der Waals surface area (Å²) in [6.07, 6.45) is 0. The highest BCUT2D eigenvalue weighted by molar-refractivity contribution is 7.89. The van der Waals surface area contributed by atoms with Gasteiger partial charge in [-0.2, -0.15) is 0 Å². The summed E-state index contributed by atoms with van der Waals surface area (Å²) in [5.41, 5.74) is 6.80. The topological polar surface area (TPSA) is 72.6 Å². The number of rotatable bonds is 6. The Balaban J connectivity index is 3.26. The minimum Gasteiger partial charge on any atom is -0.497 e. The second-order valence-electron chi connectivity index (χ2n) is 6.22. The number of nitrogens with two attached hydrogens (primary N) is 1. The maximum atomic E-state index is 12.8. The zero-order chi connectivity index (χ0) is 16.4. The van der Waals surface area contributed by atoms with Crippen molar-refractivity contribution in [3.05, 3.63) is 23.3 Å². The molecule has 0 fully saturated rings. The molecular weight excluding hydrogens is 288 g/mol. The molecule has 0 spiro atoms. The second-order valence-corrected chi connectivity index (χ2v) is 8.20. The van der Waals surface area contributed by atoms with E-state index in [9.17, 15) is 8.42 Å². The summed E-state index contributed by atoms with van der Waals surface area (Å²) in [5.74, 6) is 0.661. The first-order chi connectivity index (χ1) is 9.55. The standard InChI is InChI=1S/C15H26N2O3S/c1-11-7-13(20-6)8-12(2)14(11)21(18,19)17(5)10-15(3,4)9-16/h7-8H,9-10,16H2,1-6H3. The molecule has 1 rings (SSSR count). The molecule has 0 heterocycles. The average Bonchev–Trinajstić information content (AvgIpc) is 2.36. The Morgan fingerprint density at radius 1 is 1.24 bits per heavy atom. The van der Waals surface area contributed by atoms with Crippen molar-refractivity contribution in [2.24, 2.45) is 11.1 Å². The predicted octanol–water partition coefficient (Wildman–Crippen LogP) is 1.92. The van der Waals surface area contributed by atoms with Crippen molar-refractivity contribution >= 4 is 10.0 Å². The number of aryl methyl sites for hydroxylation is 2. The molecule has 1 aromatic rings. The Labute approximate surface area is 128 Å². The van der Waals surface area contributed by atoms with Gasteiger partial charge in [0.05, 0.1) is 12.0 Å². The van der Waals surface area contributed by atoms with E-state index in [2.05, 4.69) is 0 Å². The molecule has 1 aromatic carbocycles. The van der Waals surface area contributed by atoms with Crippen molar-refractivity contribution in [2.45, 2.75) is 32.6 Å². The third-order valence-electron chi connectivity index (χ3n) is 3.54. The van der Waals surface area contributed by atoms with E-state index in [4.69, 9.17) is 10.5 Å². The fourth-order valence-corrected chi connectivity index (χ4v) is 4.11. The van der Waals surface area contributed by atoms with Crippen LogP contribution < -0.4 is 10.5 Å². The average molecular weight is 314 g/mol. The smallest absolute Gasteiger partial charge is 0.243 e. The summed E-state index contributed by atoms with van der Waals surface area (Å²) in [7, 11) is -0.386. The van der Waals surface area contributed by atoms with E-state index in [1.807, 2.05) is 13.8 Å². The molecule has 2 N–H and O–H groups in total. The van der Waals surface area contributed by atoms with Gasteiger partial charge in [0.15, 0.2) is 0 Å². The van der Waals surface area contributed by atoms with Gasteiger partial charge >= 0.3 is 0 Å². The minimum atomic E-state index is -3.55. The number of nitrogens with zero attached hydrogens (tertiary/aromatic N) is 1. The van der Waals surface area contributed by atoms with E-state index < -0.39 is 10.0 Å². The van der Waals surface area contributed by atoms with E-state index in [1.54, 1.807) is 40.1 Å². The third-order valence-corrected chi connectivity index (χ3v) is 5.65. The van der Waals surface area contributed by atoms with Gasteiger partial charge in [0.25, 0.3) is 0 Å². The molecule has 0 radical (unpaired) electrons. The third kappa shape index (κ3) is 3.96. The highest BCUT2D eigenvalue weighted by atomic mass is 32.2. The van der Waals surface area contributed by atoms with E-state index in [1.165, 1.54) is 4.31 Å². The molecule has 0 unspecified atom stereocenters.